The average molecular weight is 349 g/mol. The number of carbonyl (C=O) groups excluding carboxylic acids is 2. The Kier molecular flexibility index (Phi) is 4.11. The van der Waals surface area contributed by atoms with Crippen LogP contribution in [0.4, 0.5) is 4.79 Å². The molecule has 0 spiro atoms. The second-order valence-electron chi connectivity index (χ2n) is 5.76. The topological polar surface area (TPSA) is 64.0 Å². The third-order valence-corrected chi connectivity index (χ3v) is 5.11. The molecule has 2 amide bonds. The van der Waals surface area contributed by atoms with Crippen molar-refractivity contribution < 1.29 is 9.59 Å². The molecule has 1 aromatic heterocycles. The van der Waals surface area contributed by atoms with Crippen LogP contribution in [0, 0.1) is 0 Å². The number of hydrogen-bond acceptors (Lipinski definition) is 4. The van der Waals surface area contributed by atoms with Crippen molar-refractivity contribution in [1.29, 1.82) is 0 Å². The highest BCUT2D eigenvalue weighted by Crippen LogP contribution is 2.34. The zero-order chi connectivity index (χ0) is 17.2. The van der Waals surface area contributed by atoms with Gasteiger partial charge >= 0.3 is 0 Å². The molecule has 1 N–H and O–H groups in total. The first-order chi connectivity index (χ1) is 12.2. The molecule has 1 aliphatic rings. The summed E-state index contributed by atoms with van der Waals surface area (Å²) in [7, 11) is 0. The van der Waals surface area contributed by atoms with Gasteiger partial charge in [0.05, 0.1) is 0 Å². The minimum Gasteiger partial charge on any atom is -0.327 e. The lowest BCUT2D eigenvalue weighted by atomic mass is 10.1. The lowest BCUT2D eigenvalue weighted by Gasteiger charge is -2.10. The van der Waals surface area contributed by atoms with Gasteiger partial charge in [-0.1, -0.05) is 54.6 Å². The first-order valence-corrected chi connectivity index (χ1v) is 8.75. The minimum absolute atomic E-state index is 0.247. The number of imidazole rings is 1. The molecule has 2 aromatic carbocycles. The number of imide groups is 1. The van der Waals surface area contributed by atoms with E-state index in [1.54, 1.807) is 6.20 Å². The van der Waals surface area contributed by atoms with Gasteiger partial charge in [-0.2, -0.15) is 0 Å². The van der Waals surface area contributed by atoms with Crippen molar-refractivity contribution in [2.24, 2.45) is 0 Å². The van der Waals surface area contributed by atoms with Gasteiger partial charge in [0.25, 0.3) is 5.24 Å². The van der Waals surface area contributed by atoms with Gasteiger partial charge in [-0.3, -0.25) is 14.9 Å². The van der Waals surface area contributed by atoms with Crippen molar-refractivity contribution in [2.75, 3.05) is 0 Å². The maximum absolute atomic E-state index is 11.8. The SMILES string of the molecule is O=C1NC(=O)C(c2ccc(Cn3ccnc3-c3ccccc3)cc2)S1. The van der Waals surface area contributed by atoms with Crippen LogP contribution in [0.1, 0.15) is 16.4 Å². The van der Waals surface area contributed by atoms with E-state index in [9.17, 15) is 9.59 Å². The molecular formula is C19H15N3O2S. The van der Waals surface area contributed by atoms with Crippen LogP contribution < -0.4 is 5.32 Å². The Morgan fingerprint density at radius 2 is 1.80 bits per heavy atom. The molecule has 1 aliphatic heterocycles. The number of carbonyl (C=O) groups is 2. The average Bonchev–Trinajstić information content (AvgIpc) is 3.22. The number of thioether (sulfide) groups is 1. The summed E-state index contributed by atoms with van der Waals surface area (Å²) in [5, 5.41) is 1.58. The zero-order valence-corrected chi connectivity index (χ0v) is 14.1. The molecular weight excluding hydrogens is 334 g/mol. The summed E-state index contributed by atoms with van der Waals surface area (Å²) in [6.45, 7) is 0.688. The van der Waals surface area contributed by atoms with Gasteiger partial charge in [-0.05, 0) is 22.9 Å². The standard InChI is InChI=1S/C19H15N3O2S/c23-18-16(25-19(24)21-18)14-8-6-13(7-9-14)12-22-11-10-20-17(22)15-4-2-1-3-5-15/h1-11,16H,12H2,(H,21,23,24). The molecule has 6 heteroatoms. The molecule has 2 heterocycles. The van der Waals surface area contributed by atoms with Crippen LogP contribution in [-0.2, 0) is 11.3 Å². The molecule has 0 aliphatic carbocycles. The predicted molar refractivity (Wildman–Crippen MR) is 97.1 cm³/mol. The van der Waals surface area contributed by atoms with Gasteiger partial charge in [0.1, 0.15) is 11.1 Å². The Morgan fingerprint density at radius 3 is 2.48 bits per heavy atom. The summed E-state index contributed by atoms with van der Waals surface area (Å²) < 4.78 is 2.09. The van der Waals surface area contributed by atoms with E-state index in [4.69, 9.17) is 0 Å². The van der Waals surface area contributed by atoms with Crippen molar-refractivity contribution in [1.82, 2.24) is 14.9 Å². The number of nitrogens with zero attached hydrogens (tertiary/aromatic N) is 2. The molecule has 0 bridgehead atoms. The Labute approximate surface area is 149 Å². The molecule has 124 valence electrons. The van der Waals surface area contributed by atoms with Crippen molar-refractivity contribution in [2.45, 2.75) is 11.8 Å². The predicted octanol–water partition coefficient (Wildman–Crippen LogP) is 3.62. The Morgan fingerprint density at radius 1 is 1.04 bits per heavy atom. The molecule has 1 unspecified atom stereocenters. The summed E-state index contributed by atoms with van der Waals surface area (Å²) in [5.41, 5.74) is 3.02. The highest BCUT2D eigenvalue weighted by atomic mass is 32.2. The number of hydrogen-bond donors (Lipinski definition) is 1. The van der Waals surface area contributed by atoms with Crippen LogP contribution in [0.25, 0.3) is 11.4 Å². The third-order valence-electron chi connectivity index (χ3n) is 4.07. The van der Waals surface area contributed by atoms with E-state index in [1.165, 1.54) is 0 Å². The van der Waals surface area contributed by atoms with Gasteiger partial charge in [-0.25, -0.2) is 4.98 Å². The Balaban J connectivity index is 1.54. The summed E-state index contributed by atoms with van der Waals surface area (Å²) >= 11 is 1.02. The van der Waals surface area contributed by atoms with E-state index in [1.807, 2.05) is 60.8 Å². The summed E-state index contributed by atoms with van der Waals surface area (Å²) in [6.07, 6.45) is 3.75. The van der Waals surface area contributed by atoms with Crippen molar-refractivity contribution in [3.8, 4) is 11.4 Å². The van der Waals surface area contributed by atoms with E-state index in [0.717, 1.165) is 34.3 Å². The van der Waals surface area contributed by atoms with E-state index in [2.05, 4.69) is 14.9 Å². The monoisotopic (exact) mass is 349 g/mol. The van der Waals surface area contributed by atoms with Gasteiger partial charge in [-0.15, -0.1) is 0 Å². The van der Waals surface area contributed by atoms with E-state index < -0.39 is 5.25 Å². The number of amides is 2. The lowest BCUT2D eigenvalue weighted by Crippen LogP contribution is -2.20. The quantitative estimate of drug-likeness (QED) is 0.781. The van der Waals surface area contributed by atoms with Gasteiger partial charge in [0, 0.05) is 24.5 Å². The Bertz CT molecular complexity index is 919. The van der Waals surface area contributed by atoms with Gasteiger partial charge < -0.3 is 4.57 Å². The molecule has 5 nitrogen and oxygen atoms in total. The second-order valence-corrected chi connectivity index (χ2v) is 6.84. The molecule has 4 rings (SSSR count). The maximum atomic E-state index is 11.8. The van der Waals surface area contributed by atoms with Crippen LogP contribution in [0.2, 0.25) is 0 Å². The van der Waals surface area contributed by atoms with Crippen LogP contribution in [0.15, 0.2) is 67.0 Å². The van der Waals surface area contributed by atoms with Crippen LogP contribution in [0.3, 0.4) is 0 Å². The second kappa shape index (κ2) is 6.57. The molecule has 0 radical (unpaired) electrons. The zero-order valence-electron chi connectivity index (χ0n) is 13.3. The van der Waals surface area contributed by atoms with Crippen LogP contribution >= 0.6 is 11.8 Å². The minimum atomic E-state index is -0.449. The highest BCUT2D eigenvalue weighted by molar-refractivity contribution is 8.15. The van der Waals surface area contributed by atoms with Gasteiger partial charge in [0.2, 0.25) is 5.91 Å². The highest BCUT2D eigenvalue weighted by Gasteiger charge is 2.32. The molecule has 1 saturated heterocycles. The number of rotatable bonds is 4. The van der Waals surface area contributed by atoms with E-state index >= 15 is 0 Å². The van der Waals surface area contributed by atoms with Crippen molar-refractivity contribution in [3.63, 3.8) is 0 Å². The van der Waals surface area contributed by atoms with Crippen LogP contribution in [0.5, 0.6) is 0 Å². The maximum Gasteiger partial charge on any atom is 0.286 e. The normalized spacial score (nSPS) is 16.9. The molecule has 25 heavy (non-hydrogen) atoms. The third kappa shape index (κ3) is 3.21. The van der Waals surface area contributed by atoms with Gasteiger partial charge in [0.15, 0.2) is 0 Å². The summed E-state index contributed by atoms with van der Waals surface area (Å²) in [5.74, 6) is 0.671. The van der Waals surface area contributed by atoms with Crippen molar-refractivity contribution >= 4 is 22.9 Å². The van der Waals surface area contributed by atoms with Crippen LogP contribution in [-0.4, -0.2) is 20.7 Å². The first-order valence-electron chi connectivity index (χ1n) is 7.87. The smallest absolute Gasteiger partial charge is 0.286 e. The molecule has 0 saturated carbocycles. The van der Waals surface area contributed by atoms with E-state index in [-0.39, 0.29) is 11.1 Å². The van der Waals surface area contributed by atoms with E-state index in [0.29, 0.717) is 6.54 Å². The lowest BCUT2D eigenvalue weighted by molar-refractivity contribution is -0.119. The summed E-state index contributed by atoms with van der Waals surface area (Å²) in [4.78, 5) is 27.5. The fraction of sp³-hybridized carbons (Fsp3) is 0.105. The molecule has 1 atom stereocenters. The summed E-state index contributed by atoms with van der Waals surface area (Å²) in [6, 6.07) is 17.8. The fourth-order valence-electron chi connectivity index (χ4n) is 2.85. The molecule has 1 fully saturated rings. The number of nitrogens with one attached hydrogen (secondary N) is 1. The number of benzene rings is 2. The number of aromatic nitrogens is 2. The first kappa shape index (κ1) is 15.7. The Hall–Kier alpha value is -2.86. The largest absolute Gasteiger partial charge is 0.327 e. The fourth-order valence-corrected chi connectivity index (χ4v) is 3.69. The molecule has 3 aromatic rings. The van der Waals surface area contributed by atoms with Crippen molar-refractivity contribution in [3.05, 3.63) is 78.1 Å².